The van der Waals surface area contributed by atoms with Crippen molar-refractivity contribution in [1.29, 1.82) is 0 Å². The molecule has 1 saturated carbocycles. The quantitative estimate of drug-likeness (QED) is 0.556. The Morgan fingerprint density at radius 1 is 1.53 bits per heavy atom. The van der Waals surface area contributed by atoms with Gasteiger partial charge in [0.05, 0.1) is 5.60 Å². The first-order valence-corrected chi connectivity index (χ1v) is 6.05. The van der Waals surface area contributed by atoms with Crippen LogP contribution < -0.4 is 0 Å². The van der Waals surface area contributed by atoms with Gasteiger partial charge in [0.25, 0.3) is 0 Å². The van der Waals surface area contributed by atoms with E-state index in [0.29, 0.717) is 18.0 Å². The average Bonchev–Trinajstić information content (AvgIpc) is 2.81. The zero-order valence-electron chi connectivity index (χ0n) is 10.2. The molecule has 1 saturated heterocycles. The number of hydrogen-bond donors (Lipinski definition) is 1. The van der Waals surface area contributed by atoms with Crippen molar-refractivity contribution in [2.24, 2.45) is 5.92 Å². The molecule has 1 unspecified atom stereocenters. The van der Waals surface area contributed by atoms with Gasteiger partial charge in [0.1, 0.15) is 0 Å². The number of allylic oxidation sites excluding steroid dienone is 1. The third-order valence-electron chi connectivity index (χ3n) is 4.23. The Morgan fingerprint density at radius 3 is 2.60 bits per heavy atom. The zero-order chi connectivity index (χ0) is 11.2. The summed E-state index contributed by atoms with van der Waals surface area (Å²) in [6.45, 7) is 11.6. The first kappa shape index (κ1) is 11.2. The summed E-state index contributed by atoms with van der Waals surface area (Å²) in [5.41, 5.74) is 0.793. The van der Waals surface area contributed by atoms with Crippen LogP contribution >= 0.6 is 0 Å². The van der Waals surface area contributed by atoms with Crippen LogP contribution in [0.2, 0.25) is 0 Å². The number of nitrogens with zero attached hydrogens (tertiary/aromatic N) is 1. The van der Waals surface area contributed by atoms with E-state index in [-0.39, 0.29) is 0 Å². The fourth-order valence-corrected chi connectivity index (χ4v) is 2.91. The van der Waals surface area contributed by atoms with Crippen molar-refractivity contribution < 1.29 is 5.11 Å². The molecule has 1 N–H and O–H groups in total. The van der Waals surface area contributed by atoms with Crippen molar-refractivity contribution in [3.05, 3.63) is 12.2 Å². The van der Waals surface area contributed by atoms with Gasteiger partial charge in [-0.1, -0.05) is 12.2 Å². The lowest BCUT2D eigenvalue weighted by atomic mass is 9.74. The molecule has 0 spiro atoms. The molecule has 5 atom stereocenters. The predicted molar refractivity (Wildman–Crippen MR) is 62.7 cm³/mol. The Morgan fingerprint density at radius 2 is 2.13 bits per heavy atom. The van der Waals surface area contributed by atoms with Gasteiger partial charge in [-0.2, -0.15) is 0 Å². The first-order chi connectivity index (χ1) is 6.92. The van der Waals surface area contributed by atoms with E-state index in [1.54, 1.807) is 0 Å². The first-order valence-electron chi connectivity index (χ1n) is 6.05. The van der Waals surface area contributed by atoms with E-state index in [4.69, 9.17) is 0 Å². The van der Waals surface area contributed by atoms with Crippen LogP contribution in [-0.2, 0) is 0 Å². The van der Waals surface area contributed by atoms with Crippen LogP contribution in [-0.4, -0.2) is 34.2 Å². The molecule has 2 fully saturated rings. The van der Waals surface area contributed by atoms with Crippen LogP contribution in [0.1, 0.15) is 40.0 Å². The molecule has 2 rings (SSSR count). The molecule has 1 aliphatic heterocycles. The lowest BCUT2D eigenvalue weighted by Crippen LogP contribution is -2.49. The summed E-state index contributed by atoms with van der Waals surface area (Å²) >= 11 is 0. The average molecular weight is 209 g/mol. The summed E-state index contributed by atoms with van der Waals surface area (Å²) in [5, 5.41) is 10.4. The Balaban J connectivity index is 2.06. The molecule has 0 aromatic carbocycles. The maximum Gasteiger partial charge on any atom is 0.0774 e. The standard InChI is InChI=1S/C13H23NO/c1-9(2)11-5-6-13(4,15)12(7-11)14-8-10(14)3/h10-12,15H,1,5-8H2,2-4H3/t10-,11+,12-,13-,14?/m0/s1. The van der Waals surface area contributed by atoms with Crippen molar-refractivity contribution in [2.45, 2.75) is 57.7 Å². The van der Waals surface area contributed by atoms with E-state index in [0.717, 1.165) is 25.8 Å². The maximum atomic E-state index is 10.4. The smallest absolute Gasteiger partial charge is 0.0774 e. The summed E-state index contributed by atoms with van der Waals surface area (Å²) in [5.74, 6) is 0.614. The zero-order valence-corrected chi connectivity index (χ0v) is 10.2. The predicted octanol–water partition coefficient (Wildman–Crippen LogP) is 2.19. The van der Waals surface area contributed by atoms with Gasteiger partial charge in [-0.05, 0) is 46.0 Å². The summed E-state index contributed by atoms with van der Waals surface area (Å²) in [7, 11) is 0. The molecule has 0 radical (unpaired) electrons. The van der Waals surface area contributed by atoms with Gasteiger partial charge in [-0.25, -0.2) is 0 Å². The second-order valence-corrected chi connectivity index (χ2v) is 5.74. The van der Waals surface area contributed by atoms with Gasteiger partial charge in [0.2, 0.25) is 0 Å². The Labute approximate surface area is 93.0 Å². The second kappa shape index (κ2) is 3.60. The third-order valence-corrected chi connectivity index (χ3v) is 4.23. The molecule has 1 aliphatic carbocycles. The van der Waals surface area contributed by atoms with Crippen LogP contribution in [0.15, 0.2) is 12.2 Å². The molecule has 0 bridgehead atoms. The molecule has 1 heterocycles. The maximum absolute atomic E-state index is 10.4. The van der Waals surface area contributed by atoms with E-state index in [1.807, 2.05) is 6.92 Å². The van der Waals surface area contributed by atoms with E-state index in [1.165, 1.54) is 5.57 Å². The molecule has 86 valence electrons. The van der Waals surface area contributed by atoms with Gasteiger partial charge in [-0.15, -0.1) is 0 Å². The van der Waals surface area contributed by atoms with E-state index >= 15 is 0 Å². The van der Waals surface area contributed by atoms with Crippen molar-refractivity contribution in [2.75, 3.05) is 6.54 Å². The van der Waals surface area contributed by atoms with Gasteiger partial charge in [-0.3, -0.25) is 4.90 Å². The monoisotopic (exact) mass is 209 g/mol. The summed E-state index contributed by atoms with van der Waals surface area (Å²) in [6, 6.07) is 1.02. The highest BCUT2D eigenvalue weighted by Gasteiger charge is 2.48. The Bertz CT molecular complexity index is 272. The minimum atomic E-state index is -0.489. The van der Waals surface area contributed by atoms with Crippen molar-refractivity contribution in [3.8, 4) is 0 Å². The number of aliphatic hydroxyl groups is 1. The molecule has 2 aliphatic rings. The van der Waals surface area contributed by atoms with Crippen molar-refractivity contribution in [1.82, 2.24) is 4.90 Å². The topological polar surface area (TPSA) is 23.2 Å². The van der Waals surface area contributed by atoms with E-state index in [2.05, 4.69) is 25.3 Å². The highest BCUT2D eigenvalue weighted by atomic mass is 16.3. The second-order valence-electron chi connectivity index (χ2n) is 5.74. The number of rotatable bonds is 2. The summed E-state index contributed by atoms with van der Waals surface area (Å²) in [4.78, 5) is 2.43. The summed E-state index contributed by atoms with van der Waals surface area (Å²) in [6.07, 6.45) is 3.10. The van der Waals surface area contributed by atoms with Crippen LogP contribution in [0.4, 0.5) is 0 Å². The Kier molecular flexibility index (Phi) is 2.68. The normalized spacial score (nSPS) is 50.1. The van der Waals surface area contributed by atoms with Crippen LogP contribution in [0.3, 0.4) is 0 Å². The van der Waals surface area contributed by atoms with Gasteiger partial charge in [0, 0.05) is 18.6 Å². The van der Waals surface area contributed by atoms with Gasteiger partial charge < -0.3 is 5.11 Å². The summed E-state index contributed by atoms with van der Waals surface area (Å²) < 4.78 is 0. The lowest BCUT2D eigenvalue weighted by Gasteiger charge is -2.42. The highest BCUT2D eigenvalue weighted by Crippen LogP contribution is 2.41. The van der Waals surface area contributed by atoms with Gasteiger partial charge >= 0.3 is 0 Å². The van der Waals surface area contributed by atoms with Crippen LogP contribution in [0.25, 0.3) is 0 Å². The van der Waals surface area contributed by atoms with Crippen LogP contribution in [0.5, 0.6) is 0 Å². The van der Waals surface area contributed by atoms with Crippen molar-refractivity contribution in [3.63, 3.8) is 0 Å². The molecular formula is C13H23NO. The van der Waals surface area contributed by atoms with E-state index in [9.17, 15) is 5.11 Å². The minimum Gasteiger partial charge on any atom is -0.389 e. The van der Waals surface area contributed by atoms with Crippen LogP contribution in [0, 0.1) is 5.92 Å². The largest absolute Gasteiger partial charge is 0.389 e. The molecular weight excluding hydrogens is 186 g/mol. The molecule has 2 heteroatoms. The Hall–Kier alpha value is -0.340. The lowest BCUT2D eigenvalue weighted by molar-refractivity contribution is -0.0426. The van der Waals surface area contributed by atoms with E-state index < -0.39 is 5.60 Å². The SMILES string of the molecule is C=C(C)[C@@H]1CC[C@](C)(O)[C@@H](N2C[C@@H]2C)C1. The minimum absolute atomic E-state index is 0.350. The highest BCUT2D eigenvalue weighted by molar-refractivity contribution is 5.08. The fourth-order valence-electron chi connectivity index (χ4n) is 2.91. The molecule has 0 aromatic rings. The van der Waals surface area contributed by atoms with Crippen molar-refractivity contribution >= 4 is 0 Å². The third kappa shape index (κ3) is 2.11. The molecule has 15 heavy (non-hydrogen) atoms. The molecule has 2 nitrogen and oxygen atoms in total. The molecule has 0 aromatic heterocycles. The van der Waals surface area contributed by atoms with Gasteiger partial charge in [0.15, 0.2) is 0 Å². The number of hydrogen-bond acceptors (Lipinski definition) is 2. The fraction of sp³-hybridized carbons (Fsp3) is 0.846. The molecule has 0 amide bonds.